The maximum atomic E-state index is 13.2. The van der Waals surface area contributed by atoms with E-state index in [2.05, 4.69) is 0 Å². The summed E-state index contributed by atoms with van der Waals surface area (Å²) in [4.78, 5) is 26.1. The molecule has 3 aromatic carbocycles. The fourth-order valence-electron chi connectivity index (χ4n) is 3.74. The molecule has 4 rings (SSSR count). The van der Waals surface area contributed by atoms with E-state index in [1.54, 1.807) is 24.3 Å². The molecule has 0 saturated heterocycles. The average Bonchev–Trinajstić information content (AvgIpc) is 2.63. The van der Waals surface area contributed by atoms with Gasteiger partial charge in [0, 0.05) is 6.42 Å². The predicted octanol–water partition coefficient (Wildman–Crippen LogP) is 3.89. The lowest BCUT2D eigenvalue weighted by Crippen LogP contribution is -2.26. The van der Waals surface area contributed by atoms with Crippen molar-refractivity contribution in [1.29, 1.82) is 0 Å². The minimum absolute atomic E-state index is 0.0914. The number of carbonyl (C=O) groups is 2. The van der Waals surface area contributed by atoms with Crippen molar-refractivity contribution >= 4 is 11.6 Å². The summed E-state index contributed by atoms with van der Waals surface area (Å²) < 4.78 is 0. The molecule has 0 amide bonds. The van der Waals surface area contributed by atoms with Crippen LogP contribution in [-0.2, 0) is 11.2 Å². The lowest BCUT2D eigenvalue weighted by Gasteiger charge is -2.27. The van der Waals surface area contributed by atoms with E-state index in [0.29, 0.717) is 11.1 Å². The van der Waals surface area contributed by atoms with E-state index in [9.17, 15) is 19.8 Å². The molecule has 4 heteroatoms. The lowest BCUT2D eigenvalue weighted by atomic mass is 9.74. The molecule has 0 radical (unpaired) electrons. The number of benzene rings is 3. The standard InChI is InChI=1S/C23H18O4/c1-13-8-10-14(11-9-13)12-19(26)20-15-4-2-6-17(24)21(15)23(27)22-16(20)5-3-7-18(22)25/h2-11,20,24-25H,12H2,1H3. The van der Waals surface area contributed by atoms with Gasteiger partial charge in [0.05, 0.1) is 17.0 Å². The van der Waals surface area contributed by atoms with Crippen LogP contribution in [0.5, 0.6) is 11.5 Å². The van der Waals surface area contributed by atoms with Crippen molar-refractivity contribution in [3.8, 4) is 11.5 Å². The molecule has 0 aliphatic heterocycles. The largest absolute Gasteiger partial charge is 0.507 e. The lowest BCUT2D eigenvalue weighted by molar-refractivity contribution is -0.119. The molecule has 0 bridgehead atoms. The second-order valence-corrected chi connectivity index (χ2v) is 6.87. The van der Waals surface area contributed by atoms with Gasteiger partial charge in [0.15, 0.2) is 0 Å². The first-order chi connectivity index (χ1) is 13.0. The molecule has 27 heavy (non-hydrogen) atoms. The Bertz CT molecular complexity index is 1010. The van der Waals surface area contributed by atoms with Gasteiger partial charge in [0.1, 0.15) is 17.3 Å². The van der Waals surface area contributed by atoms with Gasteiger partial charge in [0.25, 0.3) is 0 Å². The van der Waals surface area contributed by atoms with E-state index in [1.807, 2.05) is 31.2 Å². The number of phenolic OH excluding ortho intramolecular Hbond substituents is 2. The van der Waals surface area contributed by atoms with Crippen molar-refractivity contribution in [2.24, 2.45) is 0 Å². The Morgan fingerprint density at radius 3 is 1.89 bits per heavy atom. The molecular formula is C23H18O4. The van der Waals surface area contributed by atoms with E-state index >= 15 is 0 Å². The van der Waals surface area contributed by atoms with E-state index in [4.69, 9.17) is 0 Å². The molecule has 0 unspecified atom stereocenters. The fourth-order valence-corrected chi connectivity index (χ4v) is 3.74. The molecule has 4 nitrogen and oxygen atoms in total. The zero-order valence-corrected chi connectivity index (χ0v) is 14.8. The Morgan fingerprint density at radius 1 is 0.852 bits per heavy atom. The van der Waals surface area contributed by atoms with Crippen molar-refractivity contribution in [2.75, 3.05) is 0 Å². The summed E-state index contributed by atoms with van der Waals surface area (Å²) in [6.07, 6.45) is 0.198. The number of aryl methyl sites for hydroxylation is 1. The predicted molar refractivity (Wildman–Crippen MR) is 101 cm³/mol. The molecular weight excluding hydrogens is 340 g/mol. The zero-order valence-electron chi connectivity index (χ0n) is 14.8. The molecule has 0 atom stereocenters. The van der Waals surface area contributed by atoms with Crippen molar-refractivity contribution in [3.05, 3.63) is 94.0 Å². The highest BCUT2D eigenvalue weighted by Gasteiger charge is 2.38. The number of Topliss-reactive ketones (excluding diaryl/α,β-unsaturated/α-hetero) is 1. The van der Waals surface area contributed by atoms with Crippen LogP contribution in [-0.4, -0.2) is 21.8 Å². The van der Waals surface area contributed by atoms with E-state index < -0.39 is 11.7 Å². The molecule has 0 spiro atoms. The van der Waals surface area contributed by atoms with Crippen LogP contribution in [0.15, 0.2) is 60.7 Å². The summed E-state index contributed by atoms with van der Waals surface area (Å²) in [5.74, 6) is -1.63. The summed E-state index contributed by atoms with van der Waals surface area (Å²) in [6, 6.07) is 17.2. The number of fused-ring (bicyclic) bond motifs is 2. The average molecular weight is 358 g/mol. The number of rotatable bonds is 3. The highest BCUT2D eigenvalue weighted by molar-refractivity contribution is 6.18. The van der Waals surface area contributed by atoms with Crippen LogP contribution in [0, 0.1) is 6.92 Å². The highest BCUT2D eigenvalue weighted by Crippen LogP contribution is 2.43. The Morgan fingerprint density at radius 2 is 1.37 bits per heavy atom. The number of aromatic hydroxyl groups is 2. The Labute approximate surface area is 156 Å². The van der Waals surface area contributed by atoms with Crippen LogP contribution in [0.2, 0.25) is 0 Å². The van der Waals surface area contributed by atoms with Gasteiger partial charge in [-0.25, -0.2) is 0 Å². The number of ketones is 2. The van der Waals surface area contributed by atoms with Crippen molar-refractivity contribution < 1.29 is 19.8 Å². The van der Waals surface area contributed by atoms with E-state index in [-0.39, 0.29) is 34.8 Å². The Hall–Kier alpha value is -3.40. The van der Waals surface area contributed by atoms with Gasteiger partial charge < -0.3 is 10.2 Å². The second kappa shape index (κ2) is 6.40. The molecule has 0 saturated carbocycles. The third-order valence-electron chi connectivity index (χ3n) is 5.05. The molecule has 1 aliphatic carbocycles. The van der Waals surface area contributed by atoms with Gasteiger partial charge in [-0.15, -0.1) is 0 Å². The van der Waals surface area contributed by atoms with Crippen molar-refractivity contribution in [3.63, 3.8) is 0 Å². The Balaban J connectivity index is 1.85. The first-order valence-electron chi connectivity index (χ1n) is 8.74. The number of phenols is 2. The molecule has 0 aromatic heterocycles. The fraction of sp³-hybridized carbons (Fsp3) is 0.130. The quantitative estimate of drug-likeness (QED) is 0.745. The molecule has 0 heterocycles. The summed E-state index contributed by atoms with van der Waals surface area (Å²) >= 11 is 0. The number of carbonyl (C=O) groups excluding carboxylic acids is 2. The molecule has 3 aromatic rings. The van der Waals surface area contributed by atoms with Crippen LogP contribution >= 0.6 is 0 Å². The third-order valence-corrected chi connectivity index (χ3v) is 5.05. The summed E-state index contributed by atoms with van der Waals surface area (Å²) in [7, 11) is 0. The maximum absolute atomic E-state index is 13.2. The highest BCUT2D eigenvalue weighted by atomic mass is 16.3. The summed E-state index contributed by atoms with van der Waals surface area (Å²) in [5, 5.41) is 20.5. The second-order valence-electron chi connectivity index (χ2n) is 6.87. The van der Waals surface area contributed by atoms with Crippen LogP contribution in [0.25, 0.3) is 0 Å². The van der Waals surface area contributed by atoms with Gasteiger partial charge in [-0.1, -0.05) is 54.1 Å². The molecule has 0 fully saturated rings. The Kier molecular flexibility index (Phi) is 4.04. The van der Waals surface area contributed by atoms with Gasteiger partial charge in [-0.3, -0.25) is 9.59 Å². The zero-order chi connectivity index (χ0) is 19.1. The molecule has 1 aliphatic rings. The number of hydrogen-bond acceptors (Lipinski definition) is 4. The van der Waals surface area contributed by atoms with Crippen LogP contribution in [0.4, 0.5) is 0 Å². The normalized spacial score (nSPS) is 13.1. The van der Waals surface area contributed by atoms with Crippen LogP contribution in [0.1, 0.15) is 44.1 Å². The summed E-state index contributed by atoms with van der Waals surface area (Å²) in [6.45, 7) is 1.98. The monoisotopic (exact) mass is 358 g/mol. The van der Waals surface area contributed by atoms with Gasteiger partial charge >= 0.3 is 0 Å². The van der Waals surface area contributed by atoms with Crippen LogP contribution in [0.3, 0.4) is 0 Å². The van der Waals surface area contributed by atoms with E-state index in [1.165, 1.54) is 12.1 Å². The molecule has 134 valence electrons. The van der Waals surface area contributed by atoms with Crippen molar-refractivity contribution in [1.82, 2.24) is 0 Å². The van der Waals surface area contributed by atoms with Crippen LogP contribution < -0.4 is 0 Å². The first-order valence-corrected chi connectivity index (χ1v) is 8.74. The van der Waals surface area contributed by atoms with E-state index in [0.717, 1.165) is 11.1 Å². The van der Waals surface area contributed by atoms with Crippen molar-refractivity contribution in [2.45, 2.75) is 19.3 Å². The first kappa shape index (κ1) is 17.0. The maximum Gasteiger partial charge on any atom is 0.201 e. The minimum Gasteiger partial charge on any atom is -0.507 e. The third kappa shape index (κ3) is 2.79. The molecule has 2 N–H and O–H groups in total. The summed E-state index contributed by atoms with van der Waals surface area (Å²) in [5.41, 5.74) is 3.14. The SMILES string of the molecule is Cc1ccc(CC(=O)C2c3cccc(O)c3C(=O)c3c(O)cccc32)cc1. The minimum atomic E-state index is -0.715. The van der Waals surface area contributed by atoms with Gasteiger partial charge in [-0.05, 0) is 35.7 Å². The van der Waals surface area contributed by atoms with Gasteiger partial charge in [0.2, 0.25) is 5.78 Å². The topological polar surface area (TPSA) is 74.6 Å². The van der Waals surface area contributed by atoms with Gasteiger partial charge in [-0.2, -0.15) is 0 Å². The smallest absolute Gasteiger partial charge is 0.201 e. The number of hydrogen-bond donors (Lipinski definition) is 2.